The summed E-state index contributed by atoms with van der Waals surface area (Å²) >= 11 is 0. The first-order valence-corrected chi connectivity index (χ1v) is 3.78. The van der Waals surface area contributed by atoms with Gasteiger partial charge in [-0.15, -0.1) is 0 Å². The molecule has 0 unspecified atom stereocenters. The molecule has 3 rings (SSSR count). The largest absolute Gasteiger partial charge is 0.298 e. The van der Waals surface area contributed by atoms with Crippen molar-refractivity contribution in [1.29, 1.82) is 0 Å². The number of carbonyl (C=O) groups excluding carboxylic acids is 1. The first-order valence-electron chi connectivity index (χ1n) is 3.78. The third kappa shape index (κ3) is 0.318. The van der Waals surface area contributed by atoms with Crippen molar-refractivity contribution in [3.05, 3.63) is 24.3 Å². The number of hydrogen-bond donors (Lipinski definition) is 0. The molecule has 0 aromatic heterocycles. The Morgan fingerprint density at radius 3 is 1.70 bits per heavy atom. The molecule has 0 spiro atoms. The van der Waals surface area contributed by atoms with Crippen LogP contribution in [0.4, 0.5) is 0 Å². The van der Waals surface area contributed by atoms with Crippen LogP contribution in [0.2, 0.25) is 0 Å². The first-order chi connectivity index (χ1) is 4.88. The molecule has 1 heteroatoms. The van der Waals surface area contributed by atoms with Crippen LogP contribution >= 0.6 is 0 Å². The van der Waals surface area contributed by atoms with Crippen LogP contribution in [0.1, 0.15) is 0 Å². The molecule has 1 saturated carbocycles. The summed E-state index contributed by atoms with van der Waals surface area (Å²) in [6, 6.07) is 0. The monoisotopic (exact) mass is 132 g/mol. The highest BCUT2D eigenvalue weighted by molar-refractivity contribution is 5.93. The predicted molar refractivity (Wildman–Crippen MR) is 37.2 cm³/mol. The Balaban J connectivity index is 2.16. The van der Waals surface area contributed by atoms with Gasteiger partial charge in [0, 0.05) is 11.8 Å². The number of allylic oxidation sites excluding steroid dienone is 4. The average molecular weight is 132 g/mol. The molecule has 0 aliphatic heterocycles. The number of carbonyl (C=O) groups is 1. The Labute approximate surface area is 59.4 Å². The van der Waals surface area contributed by atoms with E-state index >= 15 is 0 Å². The zero-order chi connectivity index (χ0) is 6.72. The zero-order valence-corrected chi connectivity index (χ0v) is 5.53. The van der Waals surface area contributed by atoms with Crippen LogP contribution in [-0.2, 0) is 4.79 Å². The van der Waals surface area contributed by atoms with Crippen molar-refractivity contribution in [2.75, 3.05) is 0 Å². The van der Waals surface area contributed by atoms with Crippen molar-refractivity contribution in [2.45, 2.75) is 0 Å². The average Bonchev–Trinajstić information content (AvgIpc) is 2.21. The fourth-order valence-corrected chi connectivity index (χ4v) is 2.37. The van der Waals surface area contributed by atoms with Crippen molar-refractivity contribution >= 4 is 5.78 Å². The Kier molecular flexibility index (Phi) is 0.618. The van der Waals surface area contributed by atoms with Gasteiger partial charge in [-0.3, -0.25) is 4.79 Å². The Hall–Kier alpha value is -0.850. The highest BCUT2D eigenvalue weighted by atomic mass is 16.1. The molecule has 4 atom stereocenters. The third-order valence-electron chi connectivity index (χ3n) is 3.01. The van der Waals surface area contributed by atoms with Crippen LogP contribution < -0.4 is 0 Å². The van der Waals surface area contributed by atoms with Crippen molar-refractivity contribution in [3.63, 3.8) is 0 Å². The van der Waals surface area contributed by atoms with Gasteiger partial charge in [0.1, 0.15) is 5.78 Å². The van der Waals surface area contributed by atoms with Gasteiger partial charge in [-0.25, -0.2) is 0 Å². The number of fused-ring (bicyclic) bond motifs is 5. The lowest BCUT2D eigenvalue weighted by Crippen LogP contribution is -2.22. The van der Waals surface area contributed by atoms with E-state index in [2.05, 4.69) is 24.3 Å². The number of Topliss-reactive ketones (excluding diaryl/α,β-unsaturated/α-hetero) is 1. The fourth-order valence-electron chi connectivity index (χ4n) is 2.37. The highest BCUT2D eigenvalue weighted by Crippen LogP contribution is 2.51. The van der Waals surface area contributed by atoms with Crippen LogP contribution in [0, 0.1) is 23.7 Å². The minimum absolute atomic E-state index is 0.264. The van der Waals surface area contributed by atoms with E-state index < -0.39 is 0 Å². The van der Waals surface area contributed by atoms with Gasteiger partial charge in [-0.2, -0.15) is 0 Å². The van der Waals surface area contributed by atoms with Crippen LogP contribution in [0.5, 0.6) is 0 Å². The topological polar surface area (TPSA) is 17.1 Å². The molecular formula is C9H8O. The first kappa shape index (κ1) is 4.89. The van der Waals surface area contributed by atoms with Gasteiger partial charge in [-0.05, 0) is 11.8 Å². The van der Waals surface area contributed by atoms with E-state index in [0.29, 0.717) is 17.6 Å². The van der Waals surface area contributed by atoms with Gasteiger partial charge < -0.3 is 0 Å². The van der Waals surface area contributed by atoms with E-state index in [9.17, 15) is 4.79 Å². The van der Waals surface area contributed by atoms with Crippen LogP contribution in [-0.4, -0.2) is 5.78 Å². The standard InChI is InChI=1S/C9H8O/c10-9-7-3-4-8(9)6-2-1-5(6)7/h1-8H/t5-,6+,7-,8+. The summed E-state index contributed by atoms with van der Waals surface area (Å²) in [7, 11) is 0. The smallest absolute Gasteiger partial charge is 0.147 e. The van der Waals surface area contributed by atoms with Crippen molar-refractivity contribution in [3.8, 4) is 0 Å². The summed E-state index contributed by atoms with van der Waals surface area (Å²) in [5.74, 6) is 2.16. The van der Waals surface area contributed by atoms with E-state index in [-0.39, 0.29) is 11.8 Å². The van der Waals surface area contributed by atoms with E-state index in [0.717, 1.165) is 0 Å². The van der Waals surface area contributed by atoms with Gasteiger partial charge in [0.2, 0.25) is 0 Å². The Morgan fingerprint density at radius 2 is 1.40 bits per heavy atom. The van der Waals surface area contributed by atoms with E-state index in [1.807, 2.05) is 0 Å². The Bertz CT molecular complexity index is 238. The van der Waals surface area contributed by atoms with Crippen LogP contribution in [0.15, 0.2) is 24.3 Å². The number of ketones is 1. The second-order valence-electron chi connectivity index (χ2n) is 3.38. The Morgan fingerprint density at radius 1 is 0.900 bits per heavy atom. The second kappa shape index (κ2) is 1.26. The van der Waals surface area contributed by atoms with Gasteiger partial charge >= 0.3 is 0 Å². The molecule has 0 N–H and O–H groups in total. The predicted octanol–water partition coefficient (Wildman–Crippen LogP) is 1.17. The molecule has 0 aromatic rings. The van der Waals surface area contributed by atoms with Gasteiger partial charge in [0.05, 0.1) is 0 Å². The van der Waals surface area contributed by atoms with Crippen molar-refractivity contribution in [1.82, 2.24) is 0 Å². The number of hydrogen-bond acceptors (Lipinski definition) is 1. The summed E-state index contributed by atoms with van der Waals surface area (Å²) in [5.41, 5.74) is 0. The van der Waals surface area contributed by atoms with Gasteiger partial charge in [0.15, 0.2) is 0 Å². The van der Waals surface area contributed by atoms with E-state index in [1.165, 1.54) is 0 Å². The second-order valence-corrected chi connectivity index (χ2v) is 3.38. The quantitative estimate of drug-likeness (QED) is 0.452. The van der Waals surface area contributed by atoms with Crippen molar-refractivity contribution in [2.24, 2.45) is 23.7 Å². The lowest BCUT2D eigenvalue weighted by Gasteiger charge is -2.28. The molecule has 3 aliphatic rings. The number of rotatable bonds is 0. The van der Waals surface area contributed by atoms with Crippen molar-refractivity contribution < 1.29 is 4.79 Å². The molecule has 0 aromatic carbocycles. The molecule has 10 heavy (non-hydrogen) atoms. The third-order valence-corrected chi connectivity index (χ3v) is 3.01. The molecule has 2 bridgehead atoms. The van der Waals surface area contributed by atoms with E-state index in [1.54, 1.807) is 0 Å². The lowest BCUT2D eigenvalue weighted by molar-refractivity contribution is -0.121. The molecular weight excluding hydrogens is 124 g/mol. The molecule has 0 radical (unpaired) electrons. The maximum atomic E-state index is 11.3. The van der Waals surface area contributed by atoms with E-state index in [4.69, 9.17) is 0 Å². The summed E-state index contributed by atoms with van der Waals surface area (Å²) in [4.78, 5) is 11.3. The van der Waals surface area contributed by atoms with Gasteiger partial charge in [-0.1, -0.05) is 24.3 Å². The molecule has 0 amide bonds. The minimum Gasteiger partial charge on any atom is -0.298 e. The molecule has 0 heterocycles. The van der Waals surface area contributed by atoms with Gasteiger partial charge in [0.25, 0.3) is 0 Å². The molecule has 3 aliphatic carbocycles. The summed E-state index contributed by atoms with van der Waals surface area (Å²) < 4.78 is 0. The van der Waals surface area contributed by atoms with Crippen LogP contribution in [0.25, 0.3) is 0 Å². The minimum atomic E-state index is 0.264. The maximum Gasteiger partial charge on any atom is 0.147 e. The summed E-state index contributed by atoms with van der Waals surface area (Å²) in [6.45, 7) is 0. The normalized spacial score (nSPS) is 53.4. The highest BCUT2D eigenvalue weighted by Gasteiger charge is 2.51. The summed E-state index contributed by atoms with van der Waals surface area (Å²) in [6.07, 6.45) is 8.52. The lowest BCUT2D eigenvalue weighted by atomic mass is 9.75. The zero-order valence-electron chi connectivity index (χ0n) is 5.53. The molecule has 0 saturated heterocycles. The van der Waals surface area contributed by atoms with Crippen LogP contribution in [0.3, 0.4) is 0 Å². The fraction of sp³-hybridized carbons (Fsp3) is 0.444. The maximum absolute atomic E-state index is 11.3. The SMILES string of the molecule is O=C1[C@H]2C=C[C@@H]1[C@@H]1C=C[C@@H]12. The molecule has 1 fully saturated rings. The summed E-state index contributed by atoms with van der Waals surface area (Å²) in [5, 5.41) is 0. The molecule has 1 nitrogen and oxygen atoms in total. The molecule has 50 valence electrons.